The summed E-state index contributed by atoms with van der Waals surface area (Å²) in [6, 6.07) is 16.9. The van der Waals surface area contributed by atoms with E-state index >= 15 is 0 Å². The van der Waals surface area contributed by atoms with Gasteiger partial charge in [0.25, 0.3) is 0 Å². The lowest BCUT2D eigenvalue weighted by atomic mass is 10.1. The lowest BCUT2D eigenvalue weighted by Gasteiger charge is -2.11. The number of aryl methyl sites for hydroxylation is 1. The molecule has 0 fully saturated rings. The quantitative estimate of drug-likeness (QED) is 0.772. The van der Waals surface area contributed by atoms with Gasteiger partial charge in [0.15, 0.2) is 0 Å². The average Bonchev–Trinajstić information content (AvgIpc) is 2.45. The zero-order valence-corrected chi connectivity index (χ0v) is 13.2. The van der Waals surface area contributed by atoms with Crippen LogP contribution in [0.3, 0.4) is 0 Å². The van der Waals surface area contributed by atoms with E-state index in [1.54, 1.807) is 0 Å². The maximum absolute atomic E-state index is 5.72. The largest absolute Gasteiger partial charge is 0.491 e. The summed E-state index contributed by atoms with van der Waals surface area (Å²) in [4.78, 5) is 0. The topological polar surface area (TPSA) is 21.3 Å². The van der Waals surface area contributed by atoms with Crippen molar-refractivity contribution in [1.82, 2.24) is 5.32 Å². The van der Waals surface area contributed by atoms with Gasteiger partial charge in [-0.1, -0.05) is 36.4 Å². The second-order valence-corrected chi connectivity index (χ2v) is 5.67. The first-order valence-corrected chi connectivity index (χ1v) is 7.66. The molecule has 0 amide bonds. The van der Waals surface area contributed by atoms with Crippen molar-refractivity contribution in [2.45, 2.75) is 39.8 Å². The van der Waals surface area contributed by atoms with Crippen molar-refractivity contribution in [3.63, 3.8) is 0 Å². The van der Waals surface area contributed by atoms with Crippen LogP contribution in [-0.2, 0) is 13.0 Å². The van der Waals surface area contributed by atoms with Crippen molar-refractivity contribution < 1.29 is 4.74 Å². The monoisotopic (exact) mass is 283 g/mol. The van der Waals surface area contributed by atoms with Crippen LogP contribution in [0.4, 0.5) is 0 Å². The van der Waals surface area contributed by atoms with Crippen LogP contribution >= 0.6 is 0 Å². The minimum Gasteiger partial charge on any atom is -0.491 e. The van der Waals surface area contributed by atoms with E-state index in [9.17, 15) is 0 Å². The van der Waals surface area contributed by atoms with Crippen LogP contribution < -0.4 is 10.1 Å². The van der Waals surface area contributed by atoms with Crippen molar-refractivity contribution in [3.05, 3.63) is 65.2 Å². The van der Waals surface area contributed by atoms with Gasteiger partial charge < -0.3 is 10.1 Å². The molecule has 2 rings (SSSR count). The highest BCUT2D eigenvalue weighted by atomic mass is 16.5. The SMILES string of the molecule is Cc1ccccc1CCNCc1cccc(OC(C)C)c1. The molecular weight excluding hydrogens is 258 g/mol. The smallest absolute Gasteiger partial charge is 0.120 e. The van der Waals surface area contributed by atoms with Gasteiger partial charge in [-0.3, -0.25) is 0 Å². The first-order valence-electron chi connectivity index (χ1n) is 7.66. The predicted molar refractivity (Wildman–Crippen MR) is 88.8 cm³/mol. The molecular formula is C19H25NO. The summed E-state index contributed by atoms with van der Waals surface area (Å²) in [6.45, 7) is 8.13. The minimum absolute atomic E-state index is 0.217. The van der Waals surface area contributed by atoms with Crippen LogP contribution in [0.5, 0.6) is 5.75 Å². The number of rotatable bonds is 7. The maximum Gasteiger partial charge on any atom is 0.120 e. The van der Waals surface area contributed by atoms with E-state index in [1.807, 2.05) is 19.9 Å². The second kappa shape index (κ2) is 7.84. The van der Waals surface area contributed by atoms with E-state index in [0.717, 1.165) is 25.3 Å². The van der Waals surface area contributed by atoms with Gasteiger partial charge in [-0.05, 0) is 62.6 Å². The molecule has 0 atom stereocenters. The zero-order valence-electron chi connectivity index (χ0n) is 13.2. The van der Waals surface area contributed by atoms with Gasteiger partial charge >= 0.3 is 0 Å². The summed E-state index contributed by atoms with van der Waals surface area (Å²) in [6.07, 6.45) is 1.28. The number of hydrogen-bond donors (Lipinski definition) is 1. The van der Waals surface area contributed by atoms with Crippen molar-refractivity contribution in [2.75, 3.05) is 6.54 Å². The molecule has 2 heteroatoms. The van der Waals surface area contributed by atoms with E-state index in [1.165, 1.54) is 16.7 Å². The molecule has 0 aromatic heterocycles. The minimum atomic E-state index is 0.217. The fraction of sp³-hybridized carbons (Fsp3) is 0.368. The van der Waals surface area contributed by atoms with E-state index in [2.05, 4.69) is 54.7 Å². The Bertz CT molecular complexity index is 563. The third-order valence-corrected chi connectivity index (χ3v) is 3.43. The Balaban J connectivity index is 1.80. The van der Waals surface area contributed by atoms with Crippen molar-refractivity contribution in [3.8, 4) is 5.75 Å². The van der Waals surface area contributed by atoms with Crippen molar-refractivity contribution in [1.29, 1.82) is 0 Å². The van der Waals surface area contributed by atoms with Crippen molar-refractivity contribution >= 4 is 0 Å². The predicted octanol–water partition coefficient (Wildman–Crippen LogP) is 4.11. The van der Waals surface area contributed by atoms with Crippen LogP contribution in [-0.4, -0.2) is 12.6 Å². The van der Waals surface area contributed by atoms with E-state index in [0.29, 0.717) is 0 Å². The Morgan fingerprint density at radius 1 is 1.05 bits per heavy atom. The molecule has 0 saturated heterocycles. The molecule has 0 aliphatic carbocycles. The van der Waals surface area contributed by atoms with E-state index < -0.39 is 0 Å². The highest BCUT2D eigenvalue weighted by Crippen LogP contribution is 2.14. The molecule has 0 radical (unpaired) electrons. The fourth-order valence-electron chi connectivity index (χ4n) is 2.35. The lowest BCUT2D eigenvalue weighted by molar-refractivity contribution is 0.242. The Hall–Kier alpha value is -1.80. The number of ether oxygens (including phenoxy) is 1. The molecule has 2 nitrogen and oxygen atoms in total. The summed E-state index contributed by atoms with van der Waals surface area (Å²) in [5.41, 5.74) is 4.05. The van der Waals surface area contributed by atoms with E-state index in [4.69, 9.17) is 4.74 Å². The molecule has 112 valence electrons. The third kappa shape index (κ3) is 5.24. The molecule has 21 heavy (non-hydrogen) atoms. The van der Waals surface area contributed by atoms with Crippen LogP contribution in [0.15, 0.2) is 48.5 Å². The molecule has 2 aromatic rings. The van der Waals surface area contributed by atoms with Crippen LogP contribution in [0.25, 0.3) is 0 Å². The van der Waals surface area contributed by atoms with Gasteiger partial charge in [-0.25, -0.2) is 0 Å². The van der Waals surface area contributed by atoms with E-state index in [-0.39, 0.29) is 6.10 Å². The molecule has 0 spiro atoms. The van der Waals surface area contributed by atoms with Gasteiger partial charge in [0.2, 0.25) is 0 Å². The van der Waals surface area contributed by atoms with Gasteiger partial charge in [0.05, 0.1) is 6.10 Å². The van der Waals surface area contributed by atoms with Gasteiger partial charge in [0.1, 0.15) is 5.75 Å². The summed E-state index contributed by atoms with van der Waals surface area (Å²) >= 11 is 0. The van der Waals surface area contributed by atoms with Gasteiger partial charge in [0, 0.05) is 6.54 Å². The maximum atomic E-state index is 5.72. The summed E-state index contributed by atoms with van der Waals surface area (Å²) < 4.78 is 5.72. The van der Waals surface area contributed by atoms with Crippen molar-refractivity contribution in [2.24, 2.45) is 0 Å². The van der Waals surface area contributed by atoms with Gasteiger partial charge in [-0.2, -0.15) is 0 Å². The fourth-order valence-corrected chi connectivity index (χ4v) is 2.35. The lowest BCUT2D eigenvalue weighted by Crippen LogP contribution is -2.17. The first kappa shape index (κ1) is 15.6. The first-order chi connectivity index (χ1) is 10.1. The van der Waals surface area contributed by atoms with Crippen LogP contribution in [0, 0.1) is 6.92 Å². The number of nitrogens with one attached hydrogen (secondary N) is 1. The average molecular weight is 283 g/mol. The van der Waals surface area contributed by atoms with Gasteiger partial charge in [-0.15, -0.1) is 0 Å². The summed E-state index contributed by atoms with van der Waals surface area (Å²) in [7, 11) is 0. The molecule has 1 N–H and O–H groups in total. The molecule has 0 bridgehead atoms. The molecule has 0 heterocycles. The van der Waals surface area contributed by atoms with Crippen LogP contribution in [0.1, 0.15) is 30.5 Å². The van der Waals surface area contributed by atoms with Crippen LogP contribution in [0.2, 0.25) is 0 Å². The summed E-state index contributed by atoms with van der Waals surface area (Å²) in [5, 5.41) is 3.50. The Kier molecular flexibility index (Phi) is 5.82. The number of hydrogen-bond acceptors (Lipinski definition) is 2. The molecule has 0 aliphatic heterocycles. The molecule has 0 saturated carbocycles. The molecule has 2 aromatic carbocycles. The Morgan fingerprint density at radius 2 is 1.86 bits per heavy atom. The third-order valence-electron chi connectivity index (χ3n) is 3.43. The molecule has 0 unspecified atom stereocenters. The normalized spacial score (nSPS) is 10.9. The number of benzene rings is 2. The summed E-state index contributed by atoms with van der Waals surface area (Å²) in [5.74, 6) is 0.947. The Morgan fingerprint density at radius 3 is 2.62 bits per heavy atom. The zero-order chi connectivity index (χ0) is 15.1. The second-order valence-electron chi connectivity index (χ2n) is 5.67. The Labute approximate surface area is 128 Å². The molecule has 0 aliphatic rings. The highest BCUT2D eigenvalue weighted by Gasteiger charge is 2.00. The standard InChI is InChI=1S/C19H25NO/c1-15(2)21-19-10-6-8-17(13-19)14-20-12-11-18-9-5-4-7-16(18)3/h4-10,13,15,20H,11-12,14H2,1-3H3. The highest BCUT2D eigenvalue weighted by molar-refractivity contribution is 5.29.